The molecule has 136 valence electrons. The zero-order valence-electron chi connectivity index (χ0n) is 14.9. The van der Waals surface area contributed by atoms with E-state index < -0.39 is 6.17 Å². The van der Waals surface area contributed by atoms with E-state index >= 15 is 0 Å². The molecule has 2 fully saturated rings. The average molecular weight is 364 g/mol. The molecule has 0 unspecified atom stereocenters. The summed E-state index contributed by atoms with van der Waals surface area (Å²) in [5.74, 6) is 2.05. The van der Waals surface area contributed by atoms with Crippen LogP contribution in [0.1, 0.15) is 41.8 Å². The third kappa shape index (κ3) is 3.93. The lowest BCUT2D eigenvalue weighted by Crippen LogP contribution is -2.38. The largest absolute Gasteiger partial charge is 0.311 e. The van der Waals surface area contributed by atoms with Crippen molar-refractivity contribution in [3.05, 3.63) is 34.0 Å². The molecule has 1 aliphatic heterocycles. The van der Waals surface area contributed by atoms with Crippen molar-refractivity contribution in [3.63, 3.8) is 0 Å². The van der Waals surface area contributed by atoms with Gasteiger partial charge in [0.1, 0.15) is 17.8 Å². The van der Waals surface area contributed by atoms with Gasteiger partial charge in [-0.1, -0.05) is 6.07 Å². The first-order valence-corrected chi connectivity index (χ1v) is 9.97. The number of halogens is 1. The van der Waals surface area contributed by atoms with Gasteiger partial charge in [0.2, 0.25) is 0 Å². The maximum Gasteiger partial charge on any atom is 0.147 e. The van der Waals surface area contributed by atoms with E-state index in [2.05, 4.69) is 49.1 Å². The Bertz CT molecular complexity index is 696. The molecule has 0 radical (unpaired) electrons. The van der Waals surface area contributed by atoms with E-state index in [0.717, 1.165) is 31.3 Å². The van der Waals surface area contributed by atoms with Gasteiger partial charge in [-0.15, -0.1) is 21.5 Å². The van der Waals surface area contributed by atoms with Gasteiger partial charge >= 0.3 is 0 Å². The molecule has 0 N–H and O–H groups in total. The smallest absolute Gasteiger partial charge is 0.147 e. The highest BCUT2D eigenvalue weighted by atomic mass is 32.1. The number of rotatable bonds is 7. The van der Waals surface area contributed by atoms with Gasteiger partial charge in [0.05, 0.1) is 6.54 Å². The Morgan fingerprint density at radius 3 is 2.92 bits per heavy atom. The maximum atomic E-state index is 14.0. The molecule has 3 heterocycles. The van der Waals surface area contributed by atoms with Crippen molar-refractivity contribution in [3.8, 4) is 0 Å². The zero-order valence-corrected chi connectivity index (χ0v) is 15.8. The molecule has 1 aliphatic carbocycles. The first-order valence-electron chi connectivity index (χ1n) is 9.09. The molecular weight excluding hydrogens is 337 g/mol. The Labute approximate surface area is 152 Å². The van der Waals surface area contributed by atoms with Crippen molar-refractivity contribution in [2.45, 2.75) is 57.5 Å². The number of aromatic nitrogens is 3. The quantitative estimate of drug-likeness (QED) is 0.758. The molecule has 0 spiro atoms. The fraction of sp³-hybridized carbons (Fsp3) is 0.667. The van der Waals surface area contributed by atoms with Crippen molar-refractivity contribution in [2.75, 3.05) is 20.1 Å². The van der Waals surface area contributed by atoms with E-state index in [4.69, 9.17) is 0 Å². The number of likely N-dealkylation sites (tertiary alicyclic amines) is 1. The highest BCUT2D eigenvalue weighted by molar-refractivity contribution is 7.09. The van der Waals surface area contributed by atoms with Crippen molar-refractivity contribution >= 4 is 11.3 Å². The van der Waals surface area contributed by atoms with Crippen LogP contribution in [0.2, 0.25) is 0 Å². The molecule has 0 amide bonds. The molecule has 1 saturated carbocycles. The van der Waals surface area contributed by atoms with Gasteiger partial charge in [-0.25, -0.2) is 4.39 Å². The van der Waals surface area contributed by atoms with E-state index in [0.29, 0.717) is 19.0 Å². The Morgan fingerprint density at radius 1 is 1.36 bits per heavy atom. The number of alkyl halides is 1. The van der Waals surface area contributed by atoms with Gasteiger partial charge in [0, 0.05) is 36.6 Å². The second-order valence-corrected chi connectivity index (χ2v) is 8.49. The van der Waals surface area contributed by atoms with Gasteiger partial charge < -0.3 is 4.57 Å². The monoisotopic (exact) mass is 363 g/mol. The molecule has 0 bridgehead atoms. The van der Waals surface area contributed by atoms with Crippen LogP contribution in [-0.4, -0.2) is 56.9 Å². The summed E-state index contributed by atoms with van der Waals surface area (Å²) in [5, 5.41) is 10.7. The summed E-state index contributed by atoms with van der Waals surface area (Å²) in [6, 6.07) is 5.06. The van der Waals surface area contributed by atoms with E-state index in [-0.39, 0.29) is 6.04 Å². The minimum Gasteiger partial charge on any atom is -0.311 e. The van der Waals surface area contributed by atoms with Crippen LogP contribution >= 0.6 is 11.3 Å². The lowest BCUT2D eigenvalue weighted by atomic mass is 10.2. The van der Waals surface area contributed by atoms with Crippen LogP contribution in [0.25, 0.3) is 0 Å². The van der Waals surface area contributed by atoms with Crippen LogP contribution in [0.4, 0.5) is 4.39 Å². The molecule has 25 heavy (non-hydrogen) atoms. The lowest BCUT2D eigenvalue weighted by Gasteiger charge is -2.28. The van der Waals surface area contributed by atoms with Crippen LogP contribution in [0.3, 0.4) is 0 Å². The summed E-state index contributed by atoms with van der Waals surface area (Å²) < 4.78 is 16.3. The summed E-state index contributed by atoms with van der Waals surface area (Å²) in [6.07, 6.45) is 2.38. The van der Waals surface area contributed by atoms with Crippen LogP contribution in [0.5, 0.6) is 0 Å². The number of aryl methyl sites for hydroxylation is 1. The van der Waals surface area contributed by atoms with E-state index in [1.54, 1.807) is 11.3 Å². The van der Waals surface area contributed by atoms with Crippen LogP contribution in [0, 0.1) is 6.92 Å². The first kappa shape index (κ1) is 17.1. The van der Waals surface area contributed by atoms with Gasteiger partial charge in [-0.3, -0.25) is 9.80 Å². The van der Waals surface area contributed by atoms with Crippen LogP contribution in [-0.2, 0) is 13.1 Å². The maximum absolute atomic E-state index is 14.0. The number of hydrogen-bond acceptors (Lipinski definition) is 5. The standard InChI is InChI=1S/C18H26FN5S/c1-13-20-21-18(24(13)15-5-6-15)12-22(2)10-16-8-14(19)9-23(16)11-17-4-3-7-25-17/h3-4,7,14-16H,5-6,8-12H2,1-2H3/t14-,16-/m0/s1. The topological polar surface area (TPSA) is 37.2 Å². The Kier molecular flexibility index (Phi) is 4.88. The van der Waals surface area contributed by atoms with Crippen molar-refractivity contribution in [1.82, 2.24) is 24.6 Å². The Hall–Kier alpha value is -1.31. The predicted octanol–water partition coefficient (Wildman–Crippen LogP) is 3.03. The lowest BCUT2D eigenvalue weighted by molar-refractivity contribution is 0.179. The molecule has 2 atom stereocenters. The van der Waals surface area contributed by atoms with E-state index in [1.165, 1.54) is 17.7 Å². The molecule has 2 aliphatic rings. The fourth-order valence-electron chi connectivity index (χ4n) is 3.90. The van der Waals surface area contributed by atoms with E-state index in [1.807, 2.05) is 6.92 Å². The summed E-state index contributed by atoms with van der Waals surface area (Å²) >= 11 is 1.75. The SMILES string of the molecule is Cc1nnc(CN(C)C[C@@H]2C[C@H](F)CN2Cc2cccs2)n1C1CC1. The second kappa shape index (κ2) is 7.13. The molecule has 5 nitrogen and oxygen atoms in total. The van der Waals surface area contributed by atoms with Gasteiger partial charge in [0.15, 0.2) is 0 Å². The number of hydrogen-bond donors (Lipinski definition) is 0. The Balaban J connectivity index is 1.38. The first-order chi connectivity index (χ1) is 12.1. The molecule has 2 aromatic heterocycles. The van der Waals surface area contributed by atoms with Crippen molar-refractivity contribution < 1.29 is 4.39 Å². The molecule has 7 heteroatoms. The zero-order chi connectivity index (χ0) is 17.4. The predicted molar refractivity (Wildman–Crippen MR) is 97.4 cm³/mol. The fourth-order valence-corrected chi connectivity index (χ4v) is 4.63. The number of likely N-dealkylation sites (N-methyl/N-ethyl adjacent to an activating group) is 1. The summed E-state index contributed by atoms with van der Waals surface area (Å²) in [7, 11) is 2.11. The normalized spacial score (nSPS) is 24.5. The third-order valence-electron chi connectivity index (χ3n) is 5.20. The average Bonchev–Trinajstić information content (AvgIpc) is 2.97. The van der Waals surface area contributed by atoms with Gasteiger partial charge in [-0.05, 0) is 44.7 Å². The summed E-state index contributed by atoms with van der Waals surface area (Å²) in [6.45, 7) is 5.07. The minimum atomic E-state index is -0.712. The molecule has 1 saturated heterocycles. The Morgan fingerprint density at radius 2 is 2.20 bits per heavy atom. The highest BCUT2D eigenvalue weighted by Crippen LogP contribution is 2.36. The van der Waals surface area contributed by atoms with Crippen molar-refractivity contribution in [2.24, 2.45) is 0 Å². The summed E-state index contributed by atoms with van der Waals surface area (Å²) in [4.78, 5) is 5.88. The second-order valence-electron chi connectivity index (χ2n) is 7.46. The van der Waals surface area contributed by atoms with Crippen molar-refractivity contribution in [1.29, 1.82) is 0 Å². The molecule has 4 rings (SSSR count). The minimum absolute atomic E-state index is 0.264. The van der Waals surface area contributed by atoms with Crippen LogP contribution in [0.15, 0.2) is 17.5 Å². The highest BCUT2D eigenvalue weighted by Gasteiger charge is 2.33. The molecule has 0 aromatic carbocycles. The van der Waals surface area contributed by atoms with Crippen LogP contribution < -0.4 is 0 Å². The number of nitrogens with zero attached hydrogens (tertiary/aromatic N) is 5. The third-order valence-corrected chi connectivity index (χ3v) is 6.06. The van der Waals surface area contributed by atoms with Gasteiger partial charge in [0.25, 0.3) is 0 Å². The van der Waals surface area contributed by atoms with Gasteiger partial charge in [-0.2, -0.15) is 0 Å². The molecule has 2 aromatic rings. The molecular formula is C18H26FN5S. The summed E-state index contributed by atoms with van der Waals surface area (Å²) in [5.41, 5.74) is 0. The van der Waals surface area contributed by atoms with E-state index in [9.17, 15) is 4.39 Å². The number of thiophene rings is 1.